The molecule has 0 fully saturated rings. The van der Waals surface area contributed by atoms with Gasteiger partial charge in [-0.25, -0.2) is 0 Å². The van der Waals surface area contributed by atoms with Gasteiger partial charge in [0.05, 0.1) is 19.8 Å². The summed E-state index contributed by atoms with van der Waals surface area (Å²) in [5.41, 5.74) is 1.08. The van der Waals surface area contributed by atoms with E-state index in [1.807, 2.05) is 41.9 Å². The Morgan fingerprint density at radius 2 is 2.05 bits per heavy atom. The summed E-state index contributed by atoms with van der Waals surface area (Å²) in [5.74, 6) is 1.54. The molecule has 0 aliphatic rings. The van der Waals surface area contributed by atoms with E-state index in [0.29, 0.717) is 13.1 Å². The summed E-state index contributed by atoms with van der Waals surface area (Å²) in [6.45, 7) is 2.90. The number of methoxy groups -OCH3 is 2. The molecule has 1 aromatic heterocycles. The summed E-state index contributed by atoms with van der Waals surface area (Å²) in [6.07, 6.45) is 0. The number of nitrogens with one attached hydrogen (secondary N) is 1. The van der Waals surface area contributed by atoms with E-state index in [0.717, 1.165) is 22.6 Å². The molecule has 0 radical (unpaired) electrons. The van der Waals surface area contributed by atoms with Gasteiger partial charge in [-0.1, -0.05) is 6.07 Å². The first-order valence-corrected chi connectivity index (χ1v) is 7.68. The smallest absolute Gasteiger partial charge is 0.127 e. The van der Waals surface area contributed by atoms with Gasteiger partial charge in [-0.3, -0.25) is 0 Å². The van der Waals surface area contributed by atoms with E-state index in [9.17, 15) is 5.11 Å². The van der Waals surface area contributed by atoms with E-state index >= 15 is 0 Å². The lowest BCUT2D eigenvalue weighted by Gasteiger charge is -2.23. The van der Waals surface area contributed by atoms with Crippen molar-refractivity contribution in [1.82, 2.24) is 5.32 Å². The predicted molar refractivity (Wildman–Crippen MR) is 85.1 cm³/mol. The van der Waals surface area contributed by atoms with Crippen LogP contribution in [-0.2, 0) is 12.1 Å². The molecule has 0 aliphatic heterocycles. The number of hydrogen-bond donors (Lipinski definition) is 2. The number of benzene rings is 1. The van der Waals surface area contributed by atoms with Gasteiger partial charge >= 0.3 is 0 Å². The van der Waals surface area contributed by atoms with Crippen LogP contribution in [0.5, 0.6) is 11.5 Å². The topological polar surface area (TPSA) is 50.7 Å². The first-order valence-electron chi connectivity index (χ1n) is 6.73. The first kappa shape index (κ1) is 15.8. The monoisotopic (exact) mass is 307 g/mol. The highest BCUT2D eigenvalue weighted by Crippen LogP contribution is 2.25. The Kier molecular flexibility index (Phi) is 5.22. The Balaban J connectivity index is 1.97. The fourth-order valence-electron chi connectivity index (χ4n) is 2.11. The second-order valence-electron chi connectivity index (χ2n) is 5.07. The normalized spacial score (nSPS) is 13.7. The van der Waals surface area contributed by atoms with Gasteiger partial charge in [-0.05, 0) is 35.4 Å². The third-order valence-corrected chi connectivity index (χ3v) is 4.11. The second-order valence-corrected chi connectivity index (χ2v) is 5.85. The summed E-state index contributed by atoms with van der Waals surface area (Å²) in [5, 5.41) is 17.7. The zero-order valence-corrected chi connectivity index (χ0v) is 13.4. The van der Waals surface area contributed by atoms with Crippen molar-refractivity contribution in [2.24, 2.45) is 0 Å². The SMILES string of the molecule is COc1ccc(CNCC(C)(O)c2ccsc2)c(OC)c1. The zero-order valence-electron chi connectivity index (χ0n) is 12.6. The molecule has 1 unspecified atom stereocenters. The number of rotatable bonds is 7. The number of aliphatic hydroxyl groups is 1. The van der Waals surface area contributed by atoms with E-state index < -0.39 is 5.60 Å². The van der Waals surface area contributed by atoms with Gasteiger partial charge in [0, 0.05) is 24.7 Å². The van der Waals surface area contributed by atoms with Gasteiger partial charge in [-0.15, -0.1) is 0 Å². The highest BCUT2D eigenvalue weighted by Gasteiger charge is 2.22. The van der Waals surface area contributed by atoms with E-state index in [2.05, 4.69) is 5.32 Å². The van der Waals surface area contributed by atoms with E-state index in [-0.39, 0.29) is 0 Å². The minimum absolute atomic E-state index is 0.471. The zero-order chi connectivity index (χ0) is 15.3. The van der Waals surface area contributed by atoms with Crippen molar-refractivity contribution in [1.29, 1.82) is 0 Å². The lowest BCUT2D eigenvalue weighted by molar-refractivity contribution is 0.0570. The quantitative estimate of drug-likeness (QED) is 0.826. The van der Waals surface area contributed by atoms with Crippen LogP contribution in [0.2, 0.25) is 0 Å². The Bertz CT molecular complexity index is 567. The molecular formula is C16H21NO3S. The van der Waals surface area contributed by atoms with Crippen molar-refractivity contribution in [3.63, 3.8) is 0 Å². The van der Waals surface area contributed by atoms with Crippen molar-refractivity contribution in [3.05, 3.63) is 46.2 Å². The average Bonchev–Trinajstić information content (AvgIpc) is 3.02. The Morgan fingerprint density at radius 3 is 2.67 bits per heavy atom. The fraction of sp³-hybridized carbons (Fsp3) is 0.375. The fourth-order valence-corrected chi connectivity index (χ4v) is 2.89. The van der Waals surface area contributed by atoms with Gasteiger partial charge in [0.25, 0.3) is 0 Å². The molecular weight excluding hydrogens is 286 g/mol. The first-order chi connectivity index (χ1) is 10.1. The van der Waals surface area contributed by atoms with Crippen LogP contribution in [0, 0.1) is 0 Å². The molecule has 5 heteroatoms. The average molecular weight is 307 g/mol. The maximum atomic E-state index is 10.5. The number of hydrogen-bond acceptors (Lipinski definition) is 5. The van der Waals surface area contributed by atoms with Gasteiger partial charge in [0.1, 0.15) is 11.5 Å². The molecule has 4 nitrogen and oxygen atoms in total. The van der Waals surface area contributed by atoms with Gasteiger partial charge < -0.3 is 19.9 Å². The van der Waals surface area contributed by atoms with Crippen molar-refractivity contribution in [2.75, 3.05) is 20.8 Å². The van der Waals surface area contributed by atoms with Crippen LogP contribution >= 0.6 is 11.3 Å². The molecule has 1 aromatic carbocycles. The van der Waals surface area contributed by atoms with Crippen LogP contribution in [0.25, 0.3) is 0 Å². The molecule has 21 heavy (non-hydrogen) atoms. The van der Waals surface area contributed by atoms with Crippen molar-refractivity contribution in [2.45, 2.75) is 19.1 Å². The molecule has 2 rings (SSSR count). The molecule has 2 N–H and O–H groups in total. The second kappa shape index (κ2) is 6.93. The molecule has 0 aliphatic carbocycles. The predicted octanol–water partition coefficient (Wildman–Crippen LogP) is 2.76. The highest BCUT2D eigenvalue weighted by atomic mass is 32.1. The van der Waals surface area contributed by atoms with Crippen LogP contribution < -0.4 is 14.8 Å². The molecule has 0 amide bonds. The molecule has 0 bridgehead atoms. The Hall–Kier alpha value is -1.56. The third kappa shape index (κ3) is 3.97. The van der Waals surface area contributed by atoms with Gasteiger partial charge in [-0.2, -0.15) is 11.3 Å². The maximum absolute atomic E-state index is 10.5. The summed E-state index contributed by atoms with van der Waals surface area (Å²) < 4.78 is 10.5. The standard InChI is InChI=1S/C16H21NO3S/c1-16(18,13-6-7-21-10-13)11-17-9-12-4-5-14(19-2)8-15(12)20-3/h4-8,10,17-18H,9,11H2,1-3H3. The molecule has 0 saturated heterocycles. The maximum Gasteiger partial charge on any atom is 0.127 e. The third-order valence-electron chi connectivity index (χ3n) is 3.42. The Labute approximate surface area is 129 Å². The largest absolute Gasteiger partial charge is 0.497 e. The minimum Gasteiger partial charge on any atom is -0.497 e. The van der Waals surface area contributed by atoms with Crippen molar-refractivity contribution in [3.8, 4) is 11.5 Å². The van der Waals surface area contributed by atoms with Crippen molar-refractivity contribution < 1.29 is 14.6 Å². The van der Waals surface area contributed by atoms with Crippen LogP contribution in [0.15, 0.2) is 35.0 Å². The summed E-state index contributed by atoms with van der Waals surface area (Å²) >= 11 is 1.58. The highest BCUT2D eigenvalue weighted by molar-refractivity contribution is 7.08. The van der Waals surface area contributed by atoms with E-state index in [1.165, 1.54) is 0 Å². The van der Waals surface area contributed by atoms with Crippen LogP contribution in [-0.4, -0.2) is 25.9 Å². The molecule has 0 saturated carbocycles. The van der Waals surface area contributed by atoms with Crippen LogP contribution in [0.4, 0.5) is 0 Å². The number of thiophene rings is 1. The minimum atomic E-state index is -0.875. The summed E-state index contributed by atoms with van der Waals surface area (Å²) in [6, 6.07) is 7.66. The molecule has 1 heterocycles. The van der Waals surface area contributed by atoms with Crippen LogP contribution in [0.1, 0.15) is 18.1 Å². The number of ether oxygens (including phenoxy) is 2. The van der Waals surface area contributed by atoms with E-state index in [1.54, 1.807) is 25.6 Å². The van der Waals surface area contributed by atoms with Crippen LogP contribution in [0.3, 0.4) is 0 Å². The van der Waals surface area contributed by atoms with Gasteiger partial charge in [0.15, 0.2) is 0 Å². The molecule has 0 spiro atoms. The molecule has 1 atom stereocenters. The lowest BCUT2D eigenvalue weighted by atomic mass is 9.99. The van der Waals surface area contributed by atoms with Crippen molar-refractivity contribution >= 4 is 11.3 Å². The summed E-state index contributed by atoms with van der Waals surface area (Å²) in [7, 11) is 3.27. The Morgan fingerprint density at radius 1 is 1.24 bits per heavy atom. The van der Waals surface area contributed by atoms with Gasteiger partial charge in [0.2, 0.25) is 0 Å². The summed E-state index contributed by atoms with van der Waals surface area (Å²) in [4.78, 5) is 0. The molecule has 2 aromatic rings. The van der Waals surface area contributed by atoms with E-state index in [4.69, 9.17) is 9.47 Å². The molecule has 114 valence electrons. The lowest BCUT2D eigenvalue weighted by Crippen LogP contribution is -2.34.